The maximum atomic E-state index is 12.8. The second kappa shape index (κ2) is 9.22. The zero-order valence-electron chi connectivity index (χ0n) is 14.8. The van der Waals surface area contributed by atoms with E-state index in [0.29, 0.717) is 0 Å². The van der Waals surface area contributed by atoms with Crippen LogP contribution < -0.4 is 21.2 Å². The largest absolute Gasteiger partial charge is 0.471 e. The van der Waals surface area contributed by atoms with Gasteiger partial charge >= 0.3 is 12.1 Å². The average molecular weight is 425 g/mol. The summed E-state index contributed by atoms with van der Waals surface area (Å²) in [5.41, 5.74) is 0. The van der Waals surface area contributed by atoms with Crippen LogP contribution in [0.5, 0.6) is 0 Å². The first-order valence-corrected chi connectivity index (χ1v) is 10.3. The number of amides is 1. The summed E-state index contributed by atoms with van der Waals surface area (Å²) in [6, 6.07) is 28.2. The highest BCUT2D eigenvalue weighted by atomic mass is 35.5. The Balaban J connectivity index is 0.00000280. The molecule has 1 N–H and O–H groups in total. The molecule has 0 saturated carbocycles. The van der Waals surface area contributed by atoms with Gasteiger partial charge in [-0.3, -0.25) is 4.79 Å². The van der Waals surface area contributed by atoms with Crippen molar-refractivity contribution in [3.8, 4) is 0 Å². The third kappa shape index (κ3) is 4.54. The lowest BCUT2D eigenvalue weighted by Crippen LogP contribution is -2.43. The first-order chi connectivity index (χ1) is 12.9. The van der Waals surface area contributed by atoms with Gasteiger partial charge in [-0.15, -0.1) is 12.4 Å². The summed E-state index contributed by atoms with van der Waals surface area (Å²) in [7, 11) is -2.51. The third-order valence-electron chi connectivity index (χ3n) is 4.33. The van der Waals surface area contributed by atoms with Crippen LogP contribution in [0.3, 0.4) is 0 Å². The molecule has 0 fully saturated rings. The van der Waals surface area contributed by atoms with Gasteiger partial charge in [0.15, 0.2) is 0 Å². The molecule has 0 heterocycles. The van der Waals surface area contributed by atoms with Crippen LogP contribution in [-0.4, -0.2) is 18.4 Å². The number of carbonyl (C=O) groups excluding carboxylic acids is 1. The van der Waals surface area contributed by atoms with Crippen LogP contribution in [0, 0.1) is 0 Å². The molecule has 1 amide bonds. The average Bonchev–Trinajstić information content (AvgIpc) is 2.70. The summed E-state index contributed by atoms with van der Waals surface area (Å²) in [6.07, 6.45) is -5.02. The molecule has 0 bridgehead atoms. The number of halogens is 4. The van der Waals surface area contributed by atoms with Crippen molar-refractivity contribution in [3.05, 3.63) is 91.0 Å². The lowest BCUT2D eigenvalue weighted by molar-refractivity contribution is -0.173. The van der Waals surface area contributed by atoms with Crippen molar-refractivity contribution >= 4 is 41.5 Å². The summed E-state index contributed by atoms with van der Waals surface area (Å²) in [6.45, 7) is 0. The van der Waals surface area contributed by atoms with Crippen molar-refractivity contribution in [2.45, 2.75) is 6.18 Å². The Kier molecular flexibility index (Phi) is 7.22. The van der Waals surface area contributed by atoms with Gasteiger partial charge in [-0.2, -0.15) is 13.2 Å². The van der Waals surface area contributed by atoms with E-state index in [1.807, 2.05) is 91.0 Å². The normalized spacial score (nSPS) is 11.4. The topological polar surface area (TPSA) is 29.1 Å². The zero-order chi connectivity index (χ0) is 19.3. The number of rotatable bonds is 5. The number of benzene rings is 3. The maximum Gasteiger partial charge on any atom is 0.471 e. The lowest BCUT2D eigenvalue weighted by Gasteiger charge is -2.27. The molecule has 146 valence electrons. The first-order valence-electron chi connectivity index (χ1n) is 8.34. The molecule has 3 rings (SSSR count). The van der Waals surface area contributed by atoms with Crippen LogP contribution in [-0.2, 0) is 4.79 Å². The summed E-state index contributed by atoms with van der Waals surface area (Å²) in [5, 5.41) is 4.87. The van der Waals surface area contributed by atoms with Gasteiger partial charge in [0.1, 0.15) is 29.5 Å². The van der Waals surface area contributed by atoms with E-state index in [1.54, 1.807) is 0 Å². The predicted molar refractivity (Wildman–Crippen MR) is 111 cm³/mol. The monoisotopic (exact) mass is 424 g/mol. The number of alkyl halides is 3. The van der Waals surface area contributed by atoms with Crippen molar-refractivity contribution in [2.24, 2.45) is 0 Å². The molecule has 3 aromatic rings. The van der Waals surface area contributed by atoms with Crippen molar-refractivity contribution in [2.75, 3.05) is 6.29 Å². The van der Waals surface area contributed by atoms with E-state index in [4.69, 9.17) is 0 Å². The number of hydrogen-bond donors (Lipinski definition) is 1. The lowest BCUT2D eigenvalue weighted by atomic mass is 10.4. The van der Waals surface area contributed by atoms with Crippen LogP contribution in [0.2, 0.25) is 0 Å². The predicted octanol–water partition coefficient (Wildman–Crippen LogP) is 4.04. The molecule has 3 aromatic carbocycles. The van der Waals surface area contributed by atoms with E-state index >= 15 is 0 Å². The van der Waals surface area contributed by atoms with Gasteiger partial charge in [0.25, 0.3) is 0 Å². The quantitative estimate of drug-likeness (QED) is 0.615. The molecule has 0 aliphatic rings. The fraction of sp³-hybridized carbons (Fsp3) is 0.0952. The fourth-order valence-electron chi connectivity index (χ4n) is 3.06. The molecular formula is C21H19ClF3NOP+. The first kappa shape index (κ1) is 21.9. The molecule has 0 aliphatic carbocycles. The minimum Gasteiger partial charge on any atom is -0.315 e. The van der Waals surface area contributed by atoms with Crippen LogP contribution in [0.15, 0.2) is 91.0 Å². The van der Waals surface area contributed by atoms with Crippen molar-refractivity contribution in [1.29, 1.82) is 0 Å². The van der Waals surface area contributed by atoms with Gasteiger partial charge in [-0.25, -0.2) is 0 Å². The van der Waals surface area contributed by atoms with E-state index < -0.39 is 19.3 Å². The van der Waals surface area contributed by atoms with Gasteiger partial charge in [0.05, 0.1) is 0 Å². The van der Waals surface area contributed by atoms with Crippen LogP contribution in [0.1, 0.15) is 0 Å². The van der Waals surface area contributed by atoms with Crippen LogP contribution in [0.25, 0.3) is 0 Å². The minimum atomic E-state index is -4.92. The van der Waals surface area contributed by atoms with Crippen LogP contribution in [0.4, 0.5) is 13.2 Å². The molecule has 0 atom stereocenters. The molecular weight excluding hydrogens is 406 g/mol. The Morgan fingerprint density at radius 1 is 0.714 bits per heavy atom. The van der Waals surface area contributed by atoms with Crippen molar-refractivity contribution < 1.29 is 18.0 Å². The smallest absolute Gasteiger partial charge is 0.315 e. The number of carbonyl (C=O) groups is 1. The summed E-state index contributed by atoms with van der Waals surface area (Å²) >= 11 is 0. The standard InChI is InChI=1S/C21H17F3NOP.ClH/c22-21(23,24)20(26)25-16-27(17-10-4-1-5-11-17,18-12-6-2-7-13-18)19-14-8-3-9-15-19;/h1-15H,16H2;1H/p+1. The molecule has 0 spiro atoms. The Labute approximate surface area is 168 Å². The SMILES string of the molecule is Cl.O=C(NC[P+](c1ccccc1)(c1ccccc1)c1ccccc1)C(F)(F)F. The van der Waals surface area contributed by atoms with Crippen molar-refractivity contribution in [1.82, 2.24) is 5.32 Å². The van der Waals surface area contributed by atoms with Gasteiger partial charge in [0.2, 0.25) is 0 Å². The Morgan fingerprint density at radius 3 is 1.32 bits per heavy atom. The highest BCUT2D eigenvalue weighted by molar-refractivity contribution is 7.95. The van der Waals surface area contributed by atoms with E-state index in [-0.39, 0.29) is 18.7 Å². The van der Waals surface area contributed by atoms with Gasteiger partial charge in [-0.1, -0.05) is 54.6 Å². The number of nitrogens with one attached hydrogen (secondary N) is 1. The summed E-state index contributed by atoms with van der Waals surface area (Å²) < 4.78 is 38.5. The molecule has 0 radical (unpaired) electrons. The molecule has 2 nitrogen and oxygen atoms in total. The second-order valence-corrected chi connectivity index (χ2v) is 9.46. The summed E-state index contributed by atoms with van der Waals surface area (Å²) in [5.74, 6) is -1.92. The second-order valence-electron chi connectivity index (χ2n) is 5.98. The zero-order valence-corrected chi connectivity index (χ0v) is 16.5. The molecule has 0 aliphatic heterocycles. The highest BCUT2D eigenvalue weighted by Crippen LogP contribution is 2.54. The maximum absolute atomic E-state index is 12.8. The molecule has 0 saturated heterocycles. The molecule has 0 aromatic heterocycles. The Morgan fingerprint density at radius 2 is 1.04 bits per heavy atom. The number of hydrogen-bond acceptors (Lipinski definition) is 1. The van der Waals surface area contributed by atoms with E-state index in [2.05, 4.69) is 5.32 Å². The molecule has 7 heteroatoms. The van der Waals surface area contributed by atoms with E-state index in [9.17, 15) is 18.0 Å². The van der Waals surface area contributed by atoms with Gasteiger partial charge in [0, 0.05) is 0 Å². The molecule has 28 heavy (non-hydrogen) atoms. The fourth-order valence-corrected chi connectivity index (χ4v) is 6.93. The van der Waals surface area contributed by atoms with Gasteiger partial charge in [-0.05, 0) is 36.4 Å². The Hall–Kier alpha value is -2.36. The van der Waals surface area contributed by atoms with E-state index in [1.165, 1.54) is 0 Å². The van der Waals surface area contributed by atoms with Gasteiger partial charge < -0.3 is 5.32 Å². The third-order valence-corrected chi connectivity index (χ3v) is 8.50. The van der Waals surface area contributed by atoms with Crippen LogP contribution >= 0.6 is 19.7 Å². The highest BCUT2D eigenvalue weighted by Gasteiger charge is 2.48. The summed E-state index contributed by atoms with van der Waals surface area (Å²) in [4.78, 5) is 11.6. The van der Waals surface area contributed by atoms with Crippen molar-refractivity contribution in [3.63, 3.8) is 0 Å². The minimum absolute atomic E-state index is 0. The van der Waals surface area contributed by atoms with E-state index in [0.717, 1.165) is 15.9 Å². The Bertz CT molecular complexity index is 793. The molecule has 0 unspecified atom stereocenters.